The fourth-order valence-electron chi connectivity index (χ4n) is 2.67. The molecule has 158 valence electrons. The molecule has 1 saturated heterocycles. The first kappa shape index (κ1) is 22.8. The van der Waals surface area contributed by atoms with E-state index < -0.39 is 15.5 Å². The van der Waals surface area contributed by atoms with Crippen molar-refractivity contribution < 1.29 is 26.0 Å². The summed E-state index contributed by atoms with van der Waals surface area (Å²) in [6, 6.07) is 6.27. The highest BCUT2D eigenvalue weighted by Gasteiger charge is 2.50. The number of guanidine groups is 1. The highest BCUT2D eigenvalue weighted by molar-refractivity contribution is 7.99. The molecule has 0 aliphatic carbocycles. The maximum Gasteiger partial charge on any atom is 0.511 e. The van der Waals surface area contributed by atoms with Crippen LogP contribution >= 0.6 is 11.8 Å². The fourth-order valence-corrected chi connectivity index (χ4v) is 4.46. The van der Waals surface area contributed by atoms with E-state index >= 15 is 0 Å². The molecule has 2 rings (SSSR count). The standard InChI is InChI=1S/C16H22F4N4O2S2/c1-21-15(22-8-11-27-14-5-3-2-4-13(14)17)23-12-6-9-24(10-7-12)28(25,26)16(18,19)20/h2-5,12H,6-11H2,1H3,(H2,21,22,23). The molecule has 1 aromatic carbocycles. The molecule has 1 heterocycles. The van der Waals surface area contributed by atoms with Gasteiger partial charge in [0, 0.05) is 43.4 Å². The Bertz CT molecular complexity index is 779. The number of nitrogens with zero attached hydrogens (tertiary/aromatic N) is 2. The lowest BCUT2D eigenvalue weighted by Crippen LogP contribution is -2.51. The van der Waals surface area contributed by atoms with Crippen molar-refractivity contribution in [3.63, 3.8) is 0 Å². The number of sulfonamides is 1. The summed E-state index contributed by atoms with van der Waals surface area (Å²) in [4.78, 5) is 4.60. The highest BCUT2D eigenvalue weighted by atomic mass is 32.2. The van der Waals surface area contributed by atoms with Crippen LogP contribution in [0.25, 0.3) is 0 Å². The maximum atomic E-state index is 13.5. The van der Waals surface area contributed by atoms with E-state index in [-0.39, 0.29) is 37.8 Å². The van der Waals surface area contributed by atoms with E-state index in [0.29, 0.717) is 27.5 Å². The highest BCUT2D eigenvalue weighted by Crippen LogP contribution is 2.29. The Balaban J connectivity index is 1.75. The summed E-state index contributed by atoms with van der Waals surface area (Å²) in [6.45, 7) is 0.0826. The van der Waals surface area contributed by atoms with E-state index in [1.807, 2.05) is 0 Å². The monoisotopic (exact) mass is 442 g/mol. The number of halogens is 4. The second-order valence-electron chi connectivity index (χ2n) is 6.05. The molecule has 0 saturated carbocycles. The fraction of sp³-hybridized carbons (Fsp3) is 0.562. The van der Waals surface area contributed by atoms with Gasteiger partial charge in [0.25, 0.3) is 0 Å². The van der Waals surface area contributed by atoms with E-state index in [1.165, 1.54) is 17.8 Å². The Hall–Kier alpha value is -1.53. The van der Waals surface area contributed by atoms with Crippen LogP contribution in [-0.4, -0.2) is 62.7 Å². The van der Waals surface area contributed by atoms with Gasteiger partial charge in [0.15, 0.2) is 5.96 Å². The SMILES string of the molecule is CN=C(NCCSc1ccccc1F)NC1CCN(S(=O)(=O)C(F)(F)F)CC1. The lowest BCUT2D eigenvalue weighted by atomic mass is 10.1. The Morgan fingerprint density at radius 3 is 2.50 bits per heavy atom. The average molecular weight is 443 g/mol. The van der Waals surface area contributed by atoms with Gasteiger partial charge in [-0.25, -0.2) is 12.8 Å². The molecule has 28 heavy (non-hydrogen) atoms. The molecule has 0 bridgehead atoms. The second kappa shape index (κ2) is 9.79. The van der Waals surface area contributed by atoms with Crippen LogP contribution in [-0.2, 0) is 10.0 Å². The maximum absolute atomic E-state index is 13.5. The zero-order valence-corrected chi connectivity index (χ0v) is 16.8. The van der Waals surface area contributed by atoms with Gasteiger partial charge in [-0.3, -0.25) is 4.99 Å². The van der Waals surface area contributed by atoms with Crippen molar-refractivity contribution in [2.75, 3.05) is 32.4 Å². The minimum absolute atomic E-state index is 0.190. The molecule has 1 aliphatic rings. The van der Waals surface area contributed by atoms with Crippen molar-refractivity contribution in [2.45, 2.75) is 29.3 Å². The summed E-state index contributed by atoms with van der Waals surface area (Å²) in [7, 11) is -3.72. The number of alkyl halides is 3. The Morgan fingerprint density at radius 1 is 1.29 bits per heavy atom. The van der Waals surface area contributed by atoms with Gasteiger partial charge in [-0.05, 0) is 25.0 Å². The minimum Gasteiger partial charge on any atom is -0.356 e. The van der Waals surface area contributed by atoms with Gasteiger partial charge in [-0.1, -0.05) is 12.1 Å². The minimum atomic E-state index is -5.28. The summed E-state index contributed by atoms with van der Waals surface area (Å²) in [6.07, 6.45) is 0.472. The zero-order valence-electron chi connectivity index (χ0n) is 15.2. The third kappa shape index (κ3) is 5.98. The summed E-state index contributed by atoms with van der Waals surface area (Å²) in [5, 5.41) is 6.14. The van der Waals surface area contributed by atoms with E-state index in [4.69, 9.17) is 0 Å². The average Bonchev–Trinajstić information content (AvgIpc) is 2.65. The zero-order chi connectivity index (χ0) is 20.8. The topological polar surface area (TPSA) is 73.8 Å². The van der Waals surface area contributed by atoms with E-state index in [2.05, 4.69) is 15.6 Å². The lowest BCUT2D eigenvalue weighted by molar-refractivity contribution is -0.0494. The Kier molecular flexibility index (Phi) is 7.96. The molecule has 0 atom stereocenters. The molecule has 12 heteroatoms. The summed E-state index contributed by atoms with van der Waals surface area (Å²) >= 11 is 1.35. The van der Waals surface area contributed by atoms with Crippen molar-refractivity contribution >= 4 is 27.7 Å². The Labute approximate surface area is 165 Å². The van der Waals surface area contributed by atoms with Crippen LogP contribution in [0.15, 0.2) is 34.2 Å². The summed E-state index contributed by atoms with van der Waals surface area (Å²) in [5.74, 6) is 0.769. The van der Waals surface area contributed by atoms with Crippen molar-refractivity contribution in [1.82, 2.24) is 14.9 Å². The molecule has 0 amide bonds. The number of thioether (sulfide) groups is 1. The van der Waals surface area contributed by atoms with Gasteiger partial charge in [-0.2, -0.15) is 17.5 Å². The van der Waals surface area contributed by atoms with Crippen LogP contribution in [0.1, 0.15) is 12.8 Å². The molecule has 6 nitrogen and oxygen atoms in total. The van der Waals surface area contributed by atoms with Crippen molar-refractivity contribution in [3.05, 3.63) is 30.1 Å². The van der Waals surface area contributed by atoms with Crippen molar-refractivity contribution in [1.29, 1.82) is 0 Å². The molecule has 2 N–H and O–H groups in total. The molecule has 1 aliphatic heterocycles. The van der Waals surface area contributed by atoms with E-state index in [1.54, 1.807) is 25.2 Å². The van der Waals surface area contributed by atoms with E-state index in [0.717, 1.165) is 0 Å². The van der Waals surface area contributed by atoms with Crippen LogP contribution in [0.4, 0.5) is 17.6 Å². The number of rotatable bonds is 6. The van der Waals surface area contributed by atoms with Crippen molar-refractivity contribution in [2.24, 2.45) is 4.99 Å². The molecular formula is C16H22F4N4O2S2. The van der Waals surface area contributed by atoms with Gasteiger partial charge >= 0.3 is 15.5 Å². The largest absolute Gasteiger partial charge is 0.511 e. The van der Waals surface area contributed by atoms with Gasteiger partial charge in [0.05, 0.1) is 0 Å². The molecule has 1 aromatic rings. The van der Waals surface area contributed by atoms with Crippen LogP contribution in [0.5, 0.6) is 0 Å². The van der Waals surface area contributed by atoms with E-state index in [9.17, 15) is 26.0 Å². The lowest BCUT2D eigenvalue weighted by Gasteiger charge is -2.32. The number of benzene rings is 1. The quantitative estimate of drug-likeness (QED) is 0.233. The first-order valence-electron chi connectivity index (χ1n) is 8.56. The molecule has 0 spiro atoms. The number of piperidine rings is 1. The number of aliphatic imine (C=N–C) groups is 1. The second-order valence-corrected chi connectivity index (χ2v) is 9.11. The molecular weight excluding hydrogens is 420 g/mol. The first-order valence-corrected chi connectivity index (χ1v) is 11.0. The molecule has 0 radical (unpaired) electrons. The summed E-state index contributed by atoms with van der Waals surface area (Å²) in [5.41, 5.74) is -5.28. The molecule has 0 unspecified atom stereocenters. The molecule has 1 fully saturated rings. The van der Waals surface area contributed by atoms with Gasteiger partial charge in [0.2, 0.25) is 0 Å². The normalized spacial score (nSPS) is 17.5. The Morgan fingerprint density at radius 2 is 1.93 bits per heavy atom. The number of hydrogen-bond donors (Lipinski definition) is 2. The number of nitrogens with one attached hydrogen (secondary N) is 2. The third-order valence-electron chi connectivity index (χ3n) is 4.14. The number of hydrogen-bond acceptors (Lipinski definition) is 4. The van der Waals surface area contributed by atoms with Gasteiger partial charge in [-0.15, -0.1) is 11.8 Å². The van der Waals surface area contributed by atoms with Crippen LogP contribution in [0, 0.1) is 5.82 Å². The molecule has 0 aromatic heterocycles. The summed E-state index contributed by atoms with van der Waals surface area (Å²) < 4.78 is 74.7. The smallest absolute Gasteiger partial charge is 0.356 e. The van der Waals surface area contributed by atoms with Gasteiger partial charge in [0.1, 0.15) is 5.82 Å². The van der Waals surface area contributed by atoms with Crippen LogP contribution in [0.3, 0.4) is 0 Å². The third-order valence-corrected chi connectivity index (χ3v) is 6.82. The predicted molar refractivity (Wildman–Crippen MR) is 101 cm³/mol. The van der Waals surface area contributed by atoms with Crippen LogP contribution < -0.4 is 10.6 Å². The first-order chi connectivity index (χ1) is 13.1. The predicted octanol–water partition coefficient (Wildman–Crippen LogP) is 2.40. The van der Waals surface area contributed by atoms with Crippen LogP contribution in [0.2, 0.25) is 0 Å². The van der Waals surface area contributed by atoms with Crippen molar-refractivity contribution in [3.8, 4) is 0 Å². The van der Waals surface area contributed by atoms with Gasteiger partial charge < -0.3 is 10.6 Å².